The third kappa shape index (κ3) is 4.16. The van der Waals surface area contributed by atoms with Gasteiger partial charge >= 0.3 is 0 Å². The van der Waals surface area contributed by atoms with Crippen molar-refractivity contribution in [1.29, 1.82) is 5.26 Å². The Morgan fingerprint density at radius 1 is 0.358 bits per heavy atom. The van der Waals surface area contributed by atoms with Crippen molar-refractivity contribution >= 4 is 65.4 Å². The second-order valence-corrected chi connectivity index (χ2v) is 13.6. The van der Waals surface area contributed by atoms with Crippen LogP contribution in [0.4, 0.5) is 0 Å². The van der Waals surface area contributed by atoms with Crippen molar-refractivity contribution in [1.82, 2.24) is 13.7 Å². The fourth-order valence-corrected chi connectivity index (χ4v) is 8.68. The minimum atomic E-state index is 0.633. The van der Waals surface area contributed by atoms with Crippen LogP contribution in [0.15, 0.2) is 182 Å². The second-order valence-electron chi connectivity index (χ2n) is 13.6. The lowest BCUT2D eigenvalue weighted by Crippen LogP contribution is -1.98. The highest BCUT2D eigenvalue weighted by molar-refractivity contribution is 6.31. The number of aromatic nitrogens is 3. The van der Waals surface area contributed by atoms with Crippen LogP contribution >= 0.6 is 0 Å². The number of nitriles is 1. The van der Waals surface area contributed by atoms with Gasteiger partial charge in [0.25, 0.3) is 0 Å². The molecule has 0 aliphatic heterocycles. The maximum absolute atomic E-state index is 10.6. The number of benzene rings is 8. The summed E-state index contributed by atoms with van der Waals surface area (Å²) in [6.07, 6.45) is 0. The Morgan fingerprint density at radius 3 is 1.43 bits per heavy atom. The van der Waals surface area contributed by atoms with Crippen LogP contribution in [0.2, 0.25) is 0 Å². The van der Waals surface area contributed by atoms with Crippen LogP contribution in [0.5, 0.6) is 0 Å². The molecule has 0 saturated heterocycles. The number of nitrogens with zero attached hydrogens (tertiary/aromatic N) is 4. The van der Waals surface area contributed by atoms with Gasteiger partial charge in [-0.05, 0) is 71.8 Å². The summed E-state index contributed by atoms with van der Waals surface area (Å²) in [7, 11) is 0. The summed E-state index contributed by atoms with van der Waals surface area (Å²) in [4.78, 5) is 0. The summed E-state index contributed by atoms with van der Waals surface area (Å²) in [5, 5.41) is 17.7. The molecule has 3 heterocycles. The van der Waals surface area contributed by atoms with E-state index in [9.17, 15) is 5.26 Å². The molecule has 3 aromatic heterocycles. The normalized spacial score (nSPS) is 11.8. The first-order valence-electron chi connectivity index (χ1n) is 17.9. The molecule has 0 amide bonds. The Labute approximate surface area is 305 Å². The van der Waals surface area contributed by atoms with Crippen molar-refractivity contribution in [2.24, 2.45) is 0 Å². The van der Waals surface area contributed by atoms with Gasteiger partial charge in [0.15, 0.2) is 0 Å². The van der Waals surface area contributed by atoms with Gasteiger partial charge in [-0.25, -0.2) is 0 Å². The average molecular weight is 675 g/mol. The smallest absolute Gasteiger partial charge is 0.101 e. The summed E-state index contributed by atoms with van der Waals surface area (Å²) in [5.41, 5.74) is 12.7. The van der Waals surface area contributed by atoms with Crippen LogP contribution in [-0.4, -0.2) is 13.7 Å². The van der Waals surface area contributed by atoms with Crippen molar-refractivity contribution in [2.75, 3.05) is 0 Å². The van der Waals surface area contributed by atoms with Gasteiger partial charge in [-0.1, -0.05) is 121 Å². The van der Waals surface area contributed by atoms with E-state index in [0.717, 1.165) is 55.5 Å². The van der Waals surface area contributed by atoms with Crippen LogP contribution in [0.25, 0.3) is 93.6 Å². The minimum absolute atomic E-state index is 0.633. The van der Waals surface area contributed by atoms with E-state index in [0.29, 0.717) is 5.56 Å². The van der Waals surface area contributed by atoms with Gasteiger partial charge < -0.3 is 13.7 Å². The largest absolute Gasteiger partial charge is 0.309 e. The zero-order valence-corrected chi connectivity index (χ0v) is 28.6. The summed E-state index contributed by atoms with van der Waals surface area (Å²) in [6, 6.07) is 66.9. The van der Waals surface area contributed by atoms with Gasteiger partial charge in [-0.2, -0.15) is 5.26 Å². The van der Waals surface area contributed by atoms with Crippen LogP contribution in [0, 0.1) is 11.3 Å². The fourth-order valence-electron chi connectivity index (χ4n) is 8.68. The molecule has 0 saturated carbocycles. The predicted octanol–water partition coefficient (Wildman–Crippen LogP) is 12.5. The first-order chi connectivity index (χ1) is 26.3. The van der Waals surface area contributed by atoms with Crippen molar-refractivity contribution in [2.45, 2.75) is 0 Å². The van der Waals surface area contributed by atoms with Crippen molar-refractivity contribution in [3.05, 3.63) is 188 Å². The van der Waals surface area contributed by atoms with Crippen LogP contribution in [-0.2, 0) is 0 Å². The van der Waals surface area contributed by atoms with Gasteiger partial charge in [0.2, 0.25) is 0 Å². The summed E-state index contributed by atoms with van der Waals surface area (Å²) in [5.74, 6) is 0. The summed E-state index contributed by atoms with van der Waals surface area (Å²) < 4.78 is 7.15. The molecule has 0 atom stereocenters. The van der Waals surface area contributed by atoms with Gasteiger partial charge in [0, 0.05) is 43.7 Å². The lowest BCUT2D eigenvalue weighted by Gasteiger charge is -2.12. The van der Waals surface area contributed by atoms with E-state index < -0.39 is 0 Å². The number of fused-ring (bicyclic) bond motifs is 11. The van der Waals surface area contributed by atoms with Crippen LogP contribution < -0.4 is 0 Å². The maximum atomic E-state index is 10.6. The SMILES string of the molecule is N#Cc1cc(-c2ccccc2)ccc1-n1c2ccccc2c2c1ccc1c3ccc4c(c5ccccc5n4-c4ccccc4)c3n(-c3ccccc3)c12. The monoisotopic (exact) mass is 674 g/mol. The Morgan fingerprint density at radius 2 is 0.849 bits per heavy atom. The molecule has 0 N–H and O–H groups in total. The standard InChI is InChI=1S/C49H30N4/c50-31-34-30-33(32-14-4-1-5-15-32)24-27-41(34)53-43-23-13-11-21-40(43)47-45(53)29-26-38-37-25-28-44-46(48(37)52(49(38)47)36-18-8-3-9-19-36)39-20-10-12-22-42(39)51(44)35-16-6-2-7-17-35/h1-30H. The molecular weight excluding hydrogens is 645 g/mol. The Bertz CT molecular complexity index is 3270. The molecule has 11 aromatic rings. The average Bonchev–Trinajstić information content (AvgIpc) is 3.87. The fraction of sp³-hybridized carbons (Fsp3) is 0. The van der Waals surface area contributed by atoms with Crippen molar-refractivity contribution in [3.8, 4) is 34.3 Å². The van der Waals surface area contributed by atoms with Gasteiger partial charge in [-0.15, -0.1) is 0 Å². The summed E-state index contributed by atoms with van der Waals surface area (Å²) in [6.45, 7) is 0. The molecule has 0 spiro atoms. The van der Waals surface area contributed by atoms with Crippen LogP contribution in [0.3, 0.4) is 0 Å². The van der Waals surface area contributed by atoms with Gasteiger partial charge in [0.05, 0.1) is 44.4 Å². The number of hydrogen-bond donors (Lipinski definition) is 0. The lowest BCUT2D eigenvalue weighted by atomic mass is 10.0. The molecule has 4 heteroatoms. The molecule has 246 valence electrons. The molecule has 53 heavy (non-hydrogen) atoms. The van der Waals surface area contributed by atoms with Gasteiger partial charge in [0.1, 0.15) is 6.07 Å². The van der Waals surface area contributed by atoms with E-state index in [1.807, 2.05) is 24.3 Å². The molecule has 0 aliphatic carbocycles. The molecule has 0 radical (unpaired) electrons. The lowest BCUT2D eigenvalue weighted by molar-refractivity contribution is 1.16. The Hall–Kier alpha value is -7.35. The highest BCUT2D eigenvalue weighted by Crippen LogP contribution is 2.46. The Kier molecular flexibility index (Phi) is 6.28. The highest BCUT2D eigenvalue weighted by Gasteiger charge is 2.25. The highest BCUT2D eigenvalue weighted by atomic mass is 15.0. The molecule has 11 rings (SSSR count). The molecule has 4 nitrogen and oxygen atoms in total. The first-order valence-corrected chi connectivity index (χ1v) is 17.9. The topological polar surface area (TPSA) is 38.6 Å². The molecule has 8 aromatic carbocycles. The molecule has 0 bridgehead atoms. The number of para-hydroxylation sites is 4. The van der Waals surface area contributed by atoms with Gasteiger partial charge in [-0.3, -0.25) is 0 Å². The predicted molar refractivity (Wildman–Crippen MR) is 220 cm³/mol. The zero-order valence-electron chi connectivity index (χ0n) is 28.6. The maximum Gasteiger partial charge on any atom is 0.101 e. The van der Waals surface area contributed by atoms with E-state index in [2.05, 4.69) is 177 Å². The Balaban J connectivity index is 1.32. The molecule has 0 fully saturated rings. The van der Waals surface area contributed by atoms with E-state index in [1.54, 1.807) is 0 Å². The van der Waals surface area contributed by atoms with E-state index in [-0.39, 0.29) is 0 Å². The third-order valence-electron chi connectivity index (χ3n) is 10.9. The van der Waals surface area contributed by atoms with E-state index in [1.165, 1.54) is 38.1 Å². The number of hydrogen-bond acceptors (Lipinski definition) is 1. The third-order valence-corrected chi connectivity index (χ3v) is 10.9. The van der Waals surface area contributed by atoms with E-state index >= 15 is 0 Å². The zero-order chi connectivity index (χ0) is 35.0. The van der Waals surface area contributed by atoms with E-state index in [4.69, 9.17) is 0 Å². The molecule has 0 aliphatic rings. The quantitative estimate of drug-likeness (QED) is 0.183. The van der Waals surface area contributed by atoms with Crippen molar-refractivity contribution < 1.29 is 0 Å². The van der Waals surface area contributed by atoms with Crippen LogP contribution in [0.1, 0.15) is 5.56 Å². The molecular formula is C49H30N4. The second kappa shape index (κ2) is 11.3. The number of rotatable bonds is 4. The molecule has 0 unspecified atom stereocenters. The minimum Gasteiger partial charge on any atom is -0.309 e. The van der Waals surface area contributed by atoms with Crippen molar-refractivity contribution in [3.63, 3.8) is 0 Å². The summed E-state index contributed by atoms with van der Waals surface area (Å²) >= 11 is 0. The first kappa shape index (κ1) is 29.4.